The SMILES string of the molecule is CCC1=CCC2CN(c3ccc4c(c3)NCCN4)C(=S)C2=C1. The average Bonchev–Trinajstić information content (AvgIpc) is 2.90. The van der Waals surface area contributed by atoms with Crippen molar-refractivity contribution in [3.8, 4) is 0 Å². The van der Waals surface area contributed by atoms with Gasteiger partial charge in [-0.25, -0.2) is 0 Å². The lowest BCUT2D eigenvalue weighted by Crippen LogP contribution is -2.25. The van der Waals surface area contributed by atoms with Crippen molar-refractivity contribution in [3.63, 3.8) is 0 Å². The fraction of sp³-hybridized carbons (Fsp3) is 0.389. The maximum Gasteiger partial charge on any atom is 0.109 e. The molecule has 1 aliphatic carbocycles. The van der Waals surface area contributed by atoms with Crippen LogP contribution in [0.4, 0.5) is 17.1 Å². The second-order valence-corrected chi connectivity index (χ2v) is 6.55. The van der Waals surface area contributed by atoms with Crippen LogP contribution >= 0.6 is 12.2 Å². The van der Waals surface area contributed by atoms with E-state index in [1.165, 1.54) is 28.2 Å². The predicted octanol–water partition coefficient (Wildman–Crippen LogP) is 3.95. The lowest BCUT2D eigenvalue weighted by molar-refractivity contribution is 0.676. The van der Waals surface area contributed by atoms with Crippen molar-refractivity contribution in [2.24, 2.45) is 5.92 Å². The van der Waals surface area contributed by atoms with Gasteiger partial charge in [0.2, 0.25) is 0 Å². The van der Waals surface area contributed by atoms with Gasteiger partial charge in [0.05, 0.1) is 11.4 Å². The number of hydrogen-bond donors (Lipinski definition) is 2. The molecule has 114 valence electrons. The summed E-state index contributed by atoms with van der Waals surface area (Å²) < 4.78 is 0. The molecule has 4 rings (SSSR count). The van der Waals surface area contributed by atoms with E-state index >= 15 is 0 Å². The Kier molecular flexibility index (Phi) is 3.41. The molecular weight excluding hydrogens is 290 g/mol. The first kappa shape index (κ1) is 13.8. The third-order valence-corrected chi connectivity index (χ3v) is 5.28. The van der Waals surface area contributed by atoms with Gasteiger partial charge in [-0.1, -0.05) is 36.9 Å². The van der Waals surface area contributed by atoms with Crippen LogP contribution in [0.15, 0.2) is 41.5 Å². The Labute approximate surface area is 137 Å². The lowest BCUT2D eigenvalue weighted by Gasteiger charge is -2.24. The normalized spacial score (nSPS) is 23.0. The van der Waals surface area contributed by atoms with Crippen LogP contribution in [0.2, 0.25) is 0 Å². The van der Waals surface area contributed by atoms with Crippen LogP contribution in [-0.2, 0) is 0 Å². The second-order valence-electron chi connectivity index (χ2n) is 6.16. The summed E-state index contributed by atoms with van der Waals surface area (Å²) in [5.74, 6) is 0.560. The standard InChI is InChI=1S/C18H21N3S/c1-2-12-3-4-13-11-21(18(22)15(13)9-12)14-5-6-16-17(10-14)20-8-7-19-16/h3,5-6,9-10,13,19-20H,2,4,7-8,11H2,1H3. The highest BCUT2D eigenvalue weighted by Gasteiger charge is 2.34. The molecule has 3 nitrogen and oxygen atoms in total. The number of hydrogen-bond acceptors (Lipinski definition) is 3. The molecule has 0 spiro atoms. The Morgan fingerprint density at radius 2 is 2.05 bits per heavy atom. The van der Waals surface area contributed by atoms with Gasteiger partial charge in [-0.15, -0.1) is 0 Å². The Bertz CT molecular complexity index is 690. The molecule has 1 atom stereocenters. The summed E-state index contributed by atoms with van der Waals surface area (Å²) in [6.07, 6.45) is 6.90. The van der Waals surface area contributed by atoms with E-state index in [-0.39, 0.29) is 0 Å². The minimum Gasteiger partial charge on any atom is -0.382 e. The van der Waals surface area contributed by atoms with Crippen LogP contribution in [0.1, 0.15) is 19.8 Å². The Balaban J connectivity index is 1.64. The lowest BCUT2D eigenvalue weighted by atomic mass is 9.90. The monoisotopic (exact) mass is 311 g/mol. The van der Waals surface area contributed by atoms with Crippen molar-refractivity contribution >= 4 is 34.3 Å². The largest absolute Gasteiger partial charge is 0.382 e. The van der Waals surface area contributed by atoms with Crippen molar-refractivity contribution in [3.05, 3.63) is 41.5 Å². The molecule has 1 saturated heterocycles. The third-order valence-electron chi connectivity index (χ3n) is 4.82. The Morgan fingerprint density at radius 3 is 2.86 bits per heavy atom. The van der Waals surface area contributed by atoms with Crippen LogP contribution in [0.25, 0.3) is 0 Å². The summed E-state index contributed by atoms with van der Waals surface area (Å²) in [5.41, 5.74) is 6.35. The van der Waals surface area contributed by atoms with E-state index in [4.69, 9.17) is 12.2 Å². The molecule has 1 unspecified atom stereocenters. The first-order valence-corrected chi connectivity index (χ1v) is 8.51. The molecule has 0 saturated carbocycles. The van der Waals surface area contributed by atoms with Gasteiger partial charge in [-0.2, -0.15) is 0 Å². The minimum atomic E-state index is 0.560. The van der Waals surface area contributed by atoms with Crippen LogP contribution in [-0.4, -0.2) is 24.6 Å². The molecule has 0 amide bonds. The summed E-state index contributed by atoms with van der Waals surface area (Å²) in [7, 11) is 0. The second kappa shape index (κ2) is 5.43. The summed E-state index contributed by atoms with van der Waals surface area (Å²) in [5, 5.41) is 6.88. The number of thiocarbonyl (C=S) groups is 1. The topological polar surface area (TPSA) is 27.3 Å². The summed E-state index contributed by atoms with van der Waals surface area (Å²) in [4.78, 5) is 3.31. The molecule has 1 fully saturated rings. The Hall–Kier alpha value is -1.81. The van der Waals surface area contributed by atoms with Crippen molar-refractivity contribution in [1.29, 1.82) is 0 Å². The number of anilines is 3. The van der Waals surface area contributed by atoms with E-state index in [1.54, 1.807) is 0 Å². The number of rotatable bonds is 2. The predicted molar refractivity (Wildman–Crippen MR) is 97.9 cm³/mol. The van der Waals surface area contributed by atoms with Gasteiger partial charge >= 0.3 is 0 Å². The van der Waals surface area contributed by atoms with Crippen molar-refractivity contribution in [2.45, 2.75) is 19.8 Å². The number of allylic oxidation sites excluding steroid dienone is 3. The number of benzene rings is 1. The first-order valence-electron chi connectivity index (χ1n) is 8.10. The van der Waals surface area contributed by atoms with Crippen LogP contribution in [0.3, 0.4) is 0 Å². The molecule has 0 radical (unpaired) electrons. The molecule has 3 aliphatic rings. The van der Waals surface area contributed by atoms with Gasteiger partial charge in [0.1, 0.15) is 4.99 Å². The van der Waals surface area contributed by atoms with Crippen LogP contribution in [0, 0.1) is 5.92 Å². The molecule has 0 bridgehead atoms. The average molecular weight is 311 g/mol. The van der Waals surface area contributed by atoms with E-state index in [2.05, 4.69) is 52.8 Å². The van der Waals surface area contributed by atoms with Crippen LogP contribution < -0.4 is 15.5 Å². The summed E-state index contributed by atoms with van der Waals surface area (Å²) in [6.45, 7) is 5.17. The number of fused-ring (bicyclic) bond motifs is 2. The van der Waals surface area contributed by atoms with Crippen molar-refractivity contribution in [2.75, 3.05) is 35.2 Å². The maximum absolute atomic E-state index is 5.77. The highest BCUT2D eigenvalue weighted by molar-refractivity contribution is 7.81. The molecule has 2 N–H and O–H groups in total. The fourth-order valence-corrected chi connectivity index (χ4v) is 3.93. The van der Waals surface area contributed by atoms with E-state index in [0.717, 1.165) is 37.5 Å². The molecule has 2 aliphatic heterocycles. The van der Waals surface area contributed by atoms with Gasteiger partial charge < -0.3 is 15.5 Å². The van der Waals surface area contributed by atoms with Gasteiger partial charge in [-0.05, 0) is 36.6 Å². The van der Waals surface area contributed by atoms with Gasteiger partial charge in [0.25, 0.3) is 0 Å². The Morgan fingerprint density at radius 1 is 1.23 bits per heavy atom. The highest BCUT2D eigenvalue weighted by Crippen LogP contribution is 2.38. The van der Waals surface area contributed by atoms with E-state index < -0.39 is 0 Å². The summed E-state index contributed by atoms with van der Waals surface area (Å²) in [6, 6.07) is 6.56. The maximum atomic E-state index is 5.77. The number of nitrogens with zero attached hydrogens (tertiary/aromatic N) is 1. The van der Waals surface area contributed by atoms with E-state index in [1.807, 2.05) is 0 Å². The van der Waals surface area contributed by atoms with Crippen LogP contribution in [0.5, 0.6) is 0 Å². The number of nitrogens with one attached hydrogen (secondary N) is 2. The van der Waals surface area contributed by atoms with Gasteiger partial charge in [-0.3, -0.25) is 0 Å². The zero-order chi connectivity index (χ0) is 15.1. The molecule has 1 aromatic carbocycles. The molecule has 22 heavy (non-hydrogen) atoms. The quantitative estimate of drug-likeness (QED) is 0.809. The summed E-state index contributed by atoms with van der Waals surface area (Å²) >= 11 is 5.77. The highest BCUT2D eigenvalue weighted by atomic mass is 32.1. The van der Waals surface area contributed by atoms with Crippen molar-refractivity contribution < 1.29 is 0 Å². The minimum absolute atomic E-state index is 0.560. The van der Waals surface area contributed by atoms with Crippen molar-refractivity contribution in [1.82, 2.24) is 0 Å². The third kappa shape index (κ3) is 2.22. The zero-order valence-electron chi connectivity index (χ0n) is 12.9. The molecule has 2 heterocycles. The zero-order valence-corrected chi connectivity index (χ0v) is 13.7. The van der Waals surface area contributed by atoms with Gasteiger partial charge in [0.15, 0.2) is 0 Å². The first-order chi connectivity index (χ1) is 10.8. The molecule has 1 aromatic rings. The molecule has 0 aromatic heterocycles. The van der Waals surface area contributed by atoms with E-state index in [9.17, 15) is 0 Å². The fourth-order valence-electron chi connectivity index (χ4n) is 3.53. The van der Waals surface area contributed by atoms with Gasteiger partial charge in [0, 0.05) is 31.2 Å². The molecule has 4 heteroatoms. The van der Waals surface area contributed by atoms with E-state index in [0.29, 0.717) is 5.92 Å². The molecular formula is C18H21N3S. The smallest absolute Gasteiger partial charge is 0.109 e.